The van der Waals surface area contributed by atoms with E-state index in [0.717, 1.165) is 0 Å². The van der Waals surface area contributed by atoms with Crippen molar-refractivity contribution >= 4 is 11.6 Å². The first-order chi connectivity index (χ1) is 5.94. The highest BCUT2D eigenvalue weighted by Crippen LogP contribution is 2.16. The van der Waals surface area contributed by atoms with E-state index >= 15 is 0 Å². The predicted octanol–water partition coefficient (Wildman–Crippen LogP) is 0.257. The number of carbonyl (C=O) groups excluding carboxylic acids is 2. The van der Waals surface area contributed by atoms with E-state index in [0.29, 0.717) is 0 Å². The van der Waals surface area contributed by atoms with E-state index in [-0.39, 0.29) is 18.0 Å². The van der Waals surface area contributed by atoms with Gasteiger partial charge in [-0.25, -0.2) is 5.43 Å². The number of carbonyl (C=O) groups is 2. The third-order valence-corrected chi connectivity index (χ3v) is 2.03. The summed E-state index contributed by atoms with van der Waals surface area (Å²) in [5.74, 6) is -0.198. The Hall–Kier alpha value is -1.16. The van der Waals surface area contributed by atoms with Crippen LogP contribution in [0.2, 0.25) is 0 Å². The van der Waals surface area contributed by atoms with Crippen molar-refractivity contribution in [1.29, 1.82) is 0 Å². The van der Waals surface area contributed by atoms with Gasteiger partial charge < -0.3 is 5.01 Å². The summed E-state index contributed by atoms with van der Waals surface area (Å²) in [4.78, 5) is 22.3. The molecule has 0 aliphatic carbocycles. The molecule has 0 saturated carbocycles. The molecule has 0 aromatic heterocycles. The van der Waals surface area contributed by atoms with Gasteiger partial charge in [-0.2, -0.15) is 0 Å². The van der Waals surface area contributed by atoms with Gasteiger partial charge in [0.05, 0.1) is 6.42 Å². The largest absolute Gasteiger partial charge is 0.318 e. The second kappa shape index (κ2) is 3.30. The SMILES string of the molecule is CC(=O)CC(=O)C1(C)C=CN(C)N1. The second-order valence-corrected chi connectivity index (χ2v) is 3.54. The Morgan fingerprint density at radius 3 is 2.54 bits per heavy atom. The van der Waals surface area contributed by atoms with Gasteiger partial charge in [0.25, 0.3) is 0 Å². The average Bonchev–Trinajstić information content (AvgIpc) is 2.31. The van der Waals surface area contributed by atoms with E-state index in [2.05, 4.69) is 5.43 Å². The second-order valence-electron chi connectivity index (χ2n) is 3.54. The zero-order chi connectivity index (χ0) is 10.1. The minimum Gasteiger partial charge on any atom is -0.318 e. The minimum absolute atomic E-state index is 0.0122. The standard InChI is InChI=1S/C9H14N2O2/c1-7(12)6-8(13)9(2)4-5-11(3)10-9/h4-5,10H,6H2,1-3H3. The van der Waals surface area contributed by atoms with Gasteiger partial charge >= 0.3 is 0 Å². The maximum Gasteiger partial charge on any atom is 0.165 e. The molecule has 72 valence electrons. The van der Waals surface area contributed by atoms with Gasteiger partial charge in [-0.05, 0) is 19.9 Å². The minimum atomic E-state index is -0.708. The normalized spacial score (nSPS) is 26.5. The van der Waals surface area contributed by atoms with Gasteiger partial charge in [0.15, 0.2) is 5.78 Å². The average molecular weight is 182 g/mol. The van der Waals surface area contributed by atoms with Crippen LogP contribution in [0.4, 0.5) is 0 Å². The van der Waals surface area contributed by atoms with Gasteiger partial charge in [0.1, 0.15) is 11.3 Å². The number of nitrogens with zero attached hydrogens (tertiary/aromatic N) is 1. The molecule has 1 unspecified atom stereocenters. The van der Waals surface area contributed by atoms with Gasteiger partial charge in [-0.3, -0.25) is 9.59 Å². The lowest BCUT2D eigenvalue weighted by Crippen LogP contribution is -2.49. The van der Waals surface area contributed by atoms with Gasteiger partial charge in [0, 0.05) is 13.2 Å². The summed E-state index contributed by atoms with van der Waals surface area (Å²) < 4.78 is 0. The smallest absolute Gasteiger partial charge is 0.165 e. The highest BCUT2D eigenvalue weighted by atomic mass is 16.2. The lowest BCUT2D eigenvalue weighted by molar-refractivity contribution is -0.129. The lowest BCUT2D eigenvalue weighted by Gasteiger charge is -2.23. The summed E-state index contributed by atoms with van der Waals surface area (Å²) in [6.45, 7) is 3.18. The zero-order valence-corrected chi connectivity index (χ0v) is 8.13. The third kappa shape index (κ3) is 2.15. The number of Topliss-reactive ketones (excluding diaryl/α,β-unsaturated/α-hetero) is 2. The molecule has 0 radical (unpaired) electrons. The van der Waals surface area contributed by atoms with Crippen molar-refractivity contribution in [2.24, 2.45) is 0 Å². The Morgan fingerprint density at radius 1 is 1.54 bits per heavy atom. The molecule has 0 aromatic carbocycles. The number of hydrazine groups is 1. The highest BCUT2D eigenvalue weighted by molar-refractivity contribution is 6.03. The number of rotatable bonds is 3. The molecule has 1 atom stereocenters. The first-order valence-electron chi connectivity index (χ1n) is 4.17. The van der Waals surface area contributed by atoms with Crippen molar-refractivity contribution in [3.05, 3.63) is 12.3 Å². The molecular formula is C9H14N2O2. The van der Waals surface area contributed by atoms with E-state index in [1.807, 2.05) is 7.05 Å². The molecular weight excluding hydrogens is 168 g/mol. The quantitative estimate of drug-likeness (QED) is 0.636. The maximum absolute atomic E-state index is 11.6. The Morgan fingerprint density at radius 2 is 2.15 bits per heavy atom. The number of ketones is 2. The molecule has 0 saturated heterocycles. The van der Waals surface area contributed by atoms with Crippen LogP contribution in [-0.4, -0.2) is 29.2 Å². The molecule has 1 heterocycles. The third-order valence-electron chi connectivity index (χ3n) is 2.03. The van der Waals surface area contributed by atoms with Crippen molar-refractivity contribution in [3.63, 3.8) is 0 Å². The molecule has 0 aromatic rings. The molecule has 1 aliphatic heterocycles. The Kier molecular flexibility index (Phi) is 2.52. The molecule has 0 amide bonds. The fraction of sp³-hybridized carbons (Fsp3) is 0.556. The molecule has 4 nitrogen and oxygen atoms in total. The first kappa shape index (κ1) is 9.92. The molecule has 1 aliphatic rings. The fourth-order valence-corrected chi connectivity index (χ4v) is 1.27. The van der Waals surface area contributed by atoms with Crippen LogP contribution >= 0.6 is 0 Å². The van der Waals surface area contributed by atoms with Crippen molar-refractivity contribution in [2.75, 3.05) is 7.05 Å². The summed E-state index contributed by atoms with van der Waals surface area (Å²) in [6, 6.07) is 0. The van der Waals surface area contributed by atoms with E-state index in [9.17, 15) is 9.59 Å². The Labute approximate surface area is 77.6 Å². The summed E-state index contributed by atoms with van der Waals surface area (Å²) in [7, 11) is 1.81. The van der Waals surface area contributed by atoms with Crippen LogP contribution in [-0.2, 0) is 9.59 Å². The van der Waals surface area contributed by atoms with Crippen LogP contribution in [0.5, 0.6) is 0 Å². The van der Waals surface area contributed by atoms with Crippen molar-refractivity contribution in [3.8, 4) is 0 Å². The molecule has 4 heteroatoms. The van der Waals surface area contributed by atoms with Crippen LogP contribution in [0.3, 0.4) is 0 Å². The van der Waals surface area contributed by atoms with Crippen molar-refractivity contribution < 1.29 is 9.59 Å². The van der Waals surface area contributed by atoms with Gasteiger partial charge in [-0.1, -0.05) is 0 Å². The van der Waals surface area contributed by atoms with Crippen LogP contribution < -0.4 is 5.43 Å². The Balaban J connectivity index is 2.66. The monoisotopic (exact) mass is 182 g/mol. The van der Waals surface area contributed by atoms with Crippen molar-refractivity contribution in [1.82, 2.24) is 10.4 Å². The van der Waals surface area contributed by atoms with Gasteiger partial charge in [0.2, 0.25) is 0 Å². The zero-order valence-electron chi connectivity index (χ0n) is 8.13. The highest BCUT2D eigenvalue weighted by Gasteiger charge is 2.34. The van der Waals surface area contributed by atoms with E-state index < -0.39 is 5.54 Å². The Bertz CT molecular complexity index is 273. The molecule has 0 bridgehead atoms. The first-order valence-corrected chi connectivity index (χ1v) is 4.17. The molecule has 0 fully saturated rings. The molecule has 1 N–H and O–H groups in total. The van der Waals surface area contributed by atoms with Crippen LogP contribution in [0.15, 0.2) is 12.3 Å². The van der Waals surface area contributed by atoms with Crippen molar-refractivity contribution in [2.45, 2.75) is 25.8 Å². The van der Waals surface area contributed by atoms with Crippen LogP contribution in [0.25, 0.3) is 0 Å². The van der Waals surface area contributed by atoms with Crippen LogP contribution in [0.1, 0.15) is 20.3 Å². The molecule has 1 rings (SSSR count). The maximum atomic E-state index is 11.6. The number of nitrogens with one attached hydrogen (secondary N) is 1. The summed E-state index contributed by atoms with van der Waals surface area (Å²) >= 11 is 0. The molecule has 13 heavy (non-hydrogen) atoms. The topological polar surface area (TPSA) is 49.4 Å². The van der Waals surface area contributed by atoms with E-state index in [1.165, 1.54) is 6.92 Å². The lowest BCUT2D eigenvalue weighted by atomic mass is 9.95. The number of hydrogen-bond acceptors (Lipinski definition) is 4. The van der Waals surface area contributed by atoms with E-state index in [4.69, 9.17) is 0 Å². The molecule has 0 spiro atoms. The summed E-state index contributed by atoms with van der Waals surface area (Å²) in [5.41, 5.74) is 2.25. The fourth-order valence-electron chi connectivity index (χ4n) is 1.27. The van der Waals surface area contributed by atoms with E-state index in [1.54, 1.807) is 24.2 Å². The predicted molar refractivity (Wildman–Crippen MR) is 48.7 cm³/mol. The van der Waals surface area contributed by atoms with Gasteiger partial charge in [-0.15, -0.1) is 0 Å². The number of hydrogen-bond donors (Lipinski definition) is 1. The summed E-state index contributed by atoms with van der Waals surface area (Å²) in [5, 5.41) is 1.71. The van der Waals surface area contributed by atoms with Crippen LogP contribution in [0, 0.1) is 0 Å². The summed E-state index contributed by atoms with van der Waals surface area (Å²) in [6.07, 6.45) is 3.53.